The number of carbonyl (C=O) groups is 3. The van der Waals surface area contributed by atoms with Crippen molar-refractivity contribution in [2.45, 2.75) is 52.6 Å². The Balaban J connectivity index is 2.26. The maximum atomic E-state index is 13.8. The standard InChI is InChI=1S/C26H33NO7/c1-8-14(3)34-26(30)20-15(4)27-17-12-13(2)19(25(29)33-7)23(28)22(17)21(20)16-10-9-11-18(31-5)24(16)32-6/h9-11,13-14,19,21,27H,8,12H2,1-7H3/t13-,14+,19-,21+/m0/s1. The predicted molar refractivity (Wildman–Crippen MR) is 125 cm³/mol. The molecule has 8 heteroatoms. The molecule has 0 unspecified atom stereocenters. The monoisotopic (exact) mass is 471 g/mol. The number of ether oxygens (including phenoxy) is 4. The number of allylic oxidation sites excluding steroid dienone is 3. The van der Waals surface area contributed by atoms with Gasteiger partial charge in [-0.3, -0.25) is 9.59 Å². The van der Waals surface area contributed by atoms with Crippen LogP contribution in [0.3, 0.4) is 0 Å². The van der Waals surface area contributed by atoms with E-state index in [-0.39, 0.29) is 17.8 Å². The third kappa shape index (κ3) is 4.41. The van der Waals surface area contributed by atoms with Gasteiger partial charge in [0.05, 0.1) is 38.9 Å². The minimum absolute atomic E-state index is 0.263. The molecule has 3 rings (SSSR count). The van der Waals surface area contributed by atoms with Gasteiger partial charge in [0.25, 0.3) is 0 Å². The molecular weight excluding hydrogens is 438 g/mol. The Labute approximate surface area is 200 Å². The fraction of sp³-hybridized carbons (Fsp3) is 0.500. The van der Waals surface area contributed by atoms with E-state index in [4.69, 9.17) is 18.9 Å². The third-order valence-electron chi connectivity index (χ3n) is 6.59. The first-order valence-electron chi connectivity index (χ1n) is 11.4. The molecule has 184 valence electrons. The summed E-state index contributed by atoms with van der Waals surface area (Å²) in [6, 6.07) is 5.32. The first kappa shape index (κ1) is 25.3. The number of nitrogens with one attached hydrogen (secondary N) is 1. The maximum absolute atomic E-state index is 13.8. The molecule has 0 saturated heterocycles. The summed E-state index contributed by atoms with van der Waals surface area (Å²) < 4.78 is 21.8. The lowest BCUT2D eigenvalue weighted by atomic mass is 9.69. The van der Waals surface area contributed by atoms with Crippen molar-refractivity contribution >= 4 is 17.7 Å². The molecule has 0 spiro atoms. The van der Waals surface area contributed by atoms with Crippen LogP contribution in [0.2, 0.25) is 0 Å². The van der Waals surface area contributed by atoms with Gasteiger partial charge in [-0.25, -0.2) is 4.79 Å². The molecule has 1 aromatic carbocycles. The fourth-order valence-corrected chi connectivity index (χ4v) is 4.73. The fourth-order valence-electron chi connectivity index (χ4n) is 4.73. The number of benzene rings is 1. The van der Waals surface area contributed by atoms with Crippen LogP contribution in [-0.4, -0.2) is 45.2 Å². The smallest absolute Gasteiger partial charge is 0.337 e. The van der Waals surface area contributed by atoms with E-state index in [1.165, 1.54) is 21.3 Å². The maximum Gasteiger partial charge on any atom is 0.337 e. The Morgan fingerprint density at radius 3 is 2.47 bits per heavy atom. The molecule has 1 aliphatic carbocycles. The number of hydrogen-bond donors (Lipinski definition) is 1. The quantitative estimate of drug-likeness (QED) is 0.475. The number of hydrogen-bond acceptors (Lipinski definition) is 8. The summed E-state index contributed by atoms with van der Waals surface area (Å²) in [4.78, 5) is 39.8. The van der Waals surface area contributed by atoms with E-state index in [1.54, 1.807) is 25.1 Å². The highest BCUT2D eigenvalue weighted by molar-refractivity contribution is 6.12. The minimum atomic E-state index is -0.963. The Morgan fingerprint density at radius 2 is 1.88 bits per heavy atom. The number of methoxy groups -OCH3 is 3. The van der Waals surface area contributed by atoms with Crippen molar-refractivity contribution in [3.63, 3.8) is 0 Å². The third-order valence-corrected chi connectivity index (χ3v) is 6.59. The van der Waals surface area contributed by atoms with Gasteiger partial charge in [-0.2, -0.15) is 0 Å². The average molecular weight is 472 g/mol. The van der Waals surface area contributed by atoms with Gasteiger partial charge in [0, 0.05) is 22.5 Å². The zero-order valence-corrected chi connectivity index (χ0v) is 20.8. The zero-order chi connectivity index (χ0) is 25.2. The number of ketones is 1. The summed E-state index contributed by atoms with van der Waals surface area (Å²) in [7, 11) is 4.30. The molecule has 4 atom stereocenters. The van der Waals surface area contributed by atoms with E-state index in [0.29, 0.717) is 52.4 Å². The largest absolute Gasteiger partial charge is 0.493 e. The molecule has 2 aliphatic rings. The second-order valence-electron chi connectivity index (χ2n) is 8.74. The SMILES string of the molecule is CC[C@@H](C)OC(=O)C1=C(C)NC2=C(C(=O)[C@@H](C(=O)OC)[C@@H](C)C2)[C@@H]1c1cccc(OC)c1OC. The molecular formula is C26H33NO7. The molecule has 0 radical (unpaired) electrons. The van der Waals surface area contributed by atoms with Crippen molar-refractivity contribution < 1.29 is 33.3 Å². The molecule has 0 bridgehead atoms. The van der Waals surface area contributed by atoms with Crippen LogP contribution in [0.25, 0.3) is 0 Å². The molecule has 0 saturated carbocycles. The van der Waals surface area contributed by atoms with E-state index in [9.17, 15) is 14.4 Å². The van der Waals surface area contributed by atoms with Crippen molar-refractivity contribution in [1.82, 2.24) is 5.32 Å². The lowest BCUT2D eigenvalue weighted by Gasteiger charge is -2.38. The van der Waals surface area contributed by atoms with E-state index in [1.807, 2.05) is 20.8 Å². The van der Waals surface area contributed by atoms with Gasteiger partial charge >= 0.3 is 11.9 Å². The average Bonchev–Trinajstić information content (AvgIpc) is 2.81. The number of para-hydroxylation sites is 1. The molecule has 1 aromatic rings. The van der Waals surface area contributed by atoms with Crippen LogP contribution < -0.4 is 14.8 Å². The molecule has 0 fully saturated rings. The Morgan fingerprint density at radius 1 is 1.18 bits per heavy atom. The number of esters is 2. The van der Waals surface area contributed by atoms with Crippen molar-refractivity contribution in [2.24, 2.45) is 11.8 Å². The zero-order valence-electron chi connectivity index (χ0n) is 20.8. The van der Waals surface area contributed by atoms with Crippen LogP contribution >= 0.6 is 0 Å². The minimum Gasteiger partial charge on any atom is -0.493 e. The van der Waals surface area contributed by atoms with E-state index in [2.05, 4.69) is 5.32 Å². The first-order valence-corrected chi connectivity index (χ1v) is 11.4. The molecule has 1 N–H and O–H groups in total. The van der Waals surface area contributed by atoms with Gasteiger partial charge < -0.3 is 24.3 Å². The van der Waals surface area contributed by atoms with E-state index >= 15 is 0 Å². The summed E-state index contributed by atoms with van der Waals surface area (Å²) in [5.41, 5.74) is 2.51. The van der Waals surface area contributed by atoms with Crippen molar-refractivity contribution in [1.29, 1.82) is 0 Å². The Kier molecular flexibility index (Phi) is 7.69. The summed E-state index contributed by atoms with van der Waals surface area (Å²) >= 11 is 0. The first-order chi connectivity index (χ1) is 16.2. The number of Topliss-reactive ketones (excluding diaryl/α,β-unsaturated/α-hetero) is 1. The highest BCUT2D eigenvalue weighted by Gasteiger charge is 2.48. The summed E-state index contributed by atoms with van der Waals surface area (Å²) in [6.07, 6.45) is 0.795. The van der Waals surface area contributed by atoms with Crippen molar-refractivity contribution in [3.8, 4) is 11.5 Å². The molecule has 8 nitrogen and oxygen atoms in total. The Bertz CT molecular complexity index is 1060. The van der Waals surface area contributed by atoms with Gasteiger partial charge in [-0.1, -0.05) is 26.0 Å². The normalized spacial score (nSPS) is 23.0. The van der Waals surface area contributed by atoms with Gasteiger partial charge in [0.2, 0.25) is 0 Å². The molecule has 1 heterocycles. The number of dihydropyridines is 1. The van der Waals surface area contributed by atoms with Gasteiger partial charge in [0.15, 0.2) is 17.3 Å². The summed E-state index contributed by atoms with van der Waals surface area (Å²) in [6.45, 7) is 7.38. The molecule has 1 aliphatic heterocycles. The lowest BCUT2D eigenvalue weighted by Crippen LogP contribution is -2.43. The molecule has 0 aromatic heterocycles. The van der Waals surface area contributed by atoms with Gasteiger partial charge in [-0.15, -0.1) is 0 Å². The molecule has 34 heavy (non-hydrogen) atoms. The lowest BCUT2D eigenvalue weighted by molar-refractivity contribution is -0.151. The second-order valence-corrected chi connectivity index (χ2v) is 8.74. The van der Waals surface area contributed by atoms with Crippen LogP contribution in [0.5, 0.6) is 11.5 Å². The second kappa shape index (κ2) is 10.3. The summed E-state index contributed by atoms with van der Waals surface area (Å²) in [5, 5.41) is 3.26. The van der Waals surface area contributed by atoms with Gasteiger partial charge in [0.1, 0.15) is 5.92 Å². The van der Waals surface area contributed by atoms with E-state index in [0.717, 1.165) is 0 Å². The summed E-state index contributed by atoms with van der Waals surface area (Å²) in [5.74, 6) is -2.64. The van der Waals surface area contributed by atoms with Crippen molar-refractivity contribution in [2.75, 3.05) is 21.3 Å². The van der Waals surface area contributed by atoms with Crippen LogP contribution in [0, 0.1) is 11.8 Å². The van der Waals surface area contributed by atoms with Crippen LogP contribution in [0.1, 0.15) is 52.0 Å². The Hall–Kier alpha value is -3.29. The van der Waals surface area contributed by atoms with Crippen LogP contribution in [0.15, 0.2) is 40.7 Å². The van der Waals surface area contributed by atoms with Crippen molar-refractivity contribution in [3.05, 3.63) is 46.3 Å². The predicted octanol–water partition coefficient (Wildman–Crippen LogP) is 3.66. The van der Waals surface area contributed by atoms with Crippen LogP contribution in [-0.2, 0) is 23.9 Å². The highest BCUT2D eigenvalue weighted by atomic mass is 16.5. The highest BCUT2D eigenvalue weighted by Crippen LogP contribution is 2.49. The number of rotatable bonds is 7. The van der Waals surface area contributed by atoms with E-state index < -0.39 is 23.8 Å². The number of carbonyl (C=O) groups excluding carboxylic acids is 3. The van der Waals surface area contributed by atoms with Crippen LogP contribution in [0.4, 0.5) is 0 Å². The molecule has 0 amide bonds. The topological polar surface area (TPSA) is 100 Å². The van der Waals surface area contributed by atoms with Gasteiger partial charge in [-0.05, 0) is 38.7 Å².